The van der Waals surface area contributed by atoms with Crippen LogP contribution in [0.5, 0.6) is 0 Å². The van der Waals surface area contributed by atoms with Crippen molar-refractivity contribution in [2.75, 3.05) is 6.54 Å². The molecular formula is C16H20N4S. The summed E-state index contributed by atoms with van der Waals surface area (Å²) in [6.07, 6.45) is 4.78. The van der Waals surface area contributed by atoms with E-state index in [2.05, 4.69) is 46.9 Å². The van der Waals surface area contributed by atoms with Gasteiger partial charge in [-0.25, -0.2) is 9.97 Å². The third kappa shape index (κ3) is 2.99. The number of para-hydroxylation sites is 1. The van der Waals surface area contributed by atoms with Gasteiger partial charge in [-0.2, -0.15) is 0 Å². The molecule has 0 spiro atoms. The second-order valence-electron chi connectivity index (χ2n) is 5.01. The van der Waals surface area contributed by atoms with Gasteiger partial charge in [-0.05, 0) is 25.6 Å². The summed E-state index contributed by atoms with van der Waals surface area (Å²) in [6.45, 7) is 6.16. The molecule has 0 saturated carbocycles. The fourth-order valence-electron chi connectivity index (χ4n) is 2.54. The predicted octanol–water partition coefficient (Wildman–Crippen LogP) is 3.41. The number of benzene rings is 1. The third-order valence-electron chi connectivity index (χ3n) is 3.61. The van der Waals surface area contributed by atoms with E-state index in [0.717, 1.165) is 30.0 Å². The molecule has 0 saturated heterocycles. The van der Waals surface area contributed by atoms with Crippen LogP contribution in [0.4, 0.5) is 0 Å². The van der Waals surface area contributed by atoms with Crippen LogP contribution in [0.2, 0.25) is 0 Å². The van der Waals surface area contributed by atoms with Crippen molar-refractivity contribution in [1.29, 1.82) is 0 Å². The van der Waals surface area contributed by atoms with Gasteiger partial charge in [0.1, 0.15) is 5.01 Å². The monoisotopic (exact) mass is 300 g/mol. The second kappa shape index (κ2) is 6.37. The van der Waals surface area contributed by atoms with E-state index in [1.165, 1.54) is 10.4 Å². The number of nitrogens with one attached hydrogen (secondary N) is 1. The SMILES string of the molecule is CCNC(Cc1cncn1CC)c1nc2ccccc2s1. The molecule has 3 rings (SSSR count). The summed E-state index contributed by atoms with van der Waals surface area (Å²) in [5.41, 5.74) is 2.34. The first-order chi connectivity index (χ1) is 10.3. The Balaban J connectivity index is 1.90. The fraction of sp³-hybridized carbons (Fsp3) is 0.375. The van der Waals surface area contributed by atoms with Crippen LogP contribution in [0.3, 0.4) is 0 Å². The molecule has 1 aromatic carbocycles. The van der Waals surface area contributed by atoms with E-state index >= 15 is 0 Å². The zero-order valence-electron chi connectivity index (χ0n) is 12.4. The average molecular weight is 300 g/mol. The first-order valence-electron chi connectivity index (χ1n) is 7.39. The van der Waals surface area contributed by atoms with Gasteiger partial charge < -0.3 is 9.88 Å². The zero-order valence-corrected chi connectivity index (χ0v) is 13.2. The fourth-order valence-corrected chi connectivity index (χ4v) is 3.59. The summed E-state index contributed by atoms with van der Waals surface area (Å²) < 4.78 is 3.44. The molecule has 110 valence electrons. The van der Waals surface area contributed by atoms with Crippen molar-refractivity contribution < 1.29 is 0 Å². The van der Waals surface area contributed by atoms with Gasteiger partial charge in [0.05, 0.1) is 22.6 Å². The molecule has 2 heterocycles. The van der Waals surface area contributed by atoms with Crippen molar-refractivity contribution in [3.63, 3.8) is 0 Å². The number of hydrogen-bond donors (Lipinski definition) is 1. The lowest BCUT2D eigenvalue weighted by molar-refractivity contribution is 0.528. The molecule has 0 aliphatic heterocycles. The maximum absolute atomic E-state index is 4.79. The Morgan fingerprint density at radius 1 is 1.29 bits per heavy atom. The highest BCUT2D eigenvalue weighted by Gasteiger charge is 2.17. The van der Waals surface area contributed by atoms with Gasteiger partial charge in [-0.3, -0.25) is 0 Å². The van der Waals surface area contributed by atoms with Crippen molar-refractivity contribution in [1.82, 2.24) is 19.9 Å². The first-order valence-corrected chi connectivity index (χ1v) is 8.21. The number of aryl methyl sites for hydroxylation is 1. The van der Waals surface area contributed by atoms with Crippen molar-refractivity contribution in [3.8, 4) is 0 Å². The standard InChI is InChI=1S/C16H20N4S/c1-3-18-14(9-12-10-17-11-20(12)4-2)16-19-13-7-5-6-8-15(13)21-16/h5-8,10-11,14,18H,3-4,9H2,1-2H3. The van der Waals surface area contributed by atoms with E-state index in [1.807, 2.05) is 18.6 Å². The Morgan fingerprint density at radius 3 is 2.90 bits per heavy atom. The van der Waals surface area contributed by atoms with Gasteiger partial charge in [0.15, 0.2) is 0 Å². The van der Waals surface area contributed by atoms with E-state index in [-0.39, 0.29) is 6.04 Å². The zero-order chi connectivity index (χ0) is 14.7. The number of rotatable bonds is 6. The number of thiazole rings is 1. The number of hydrogen-bond acceptors (Lipinski definition) is 4. The Kier molecular flexibility index (Phi) is 4.31. The minimum atomic E-state index is 0.245. The van der Waals surface area contributed by atoms with Crippen LogP contribution in [0.15, 0.2) is 36.8 Å². The molecule has 1 unspecified atom stereocenters. The average Bonchev–Trinajstić information content (AvgIpc) is 3.12. The molecule has 3 aromatic rings. The lowest BCUT2D eigenvalue weighted by Gasteiger charge is -2.16. The topological polar surface area (TPSA) is 42.7 Å². The molecule has 4 nitrogen and oxygen atoms in total. The Labute approximate surface area is 128 Å². The van der Waals surface area contributed by atoms with E-state index in [0.29, 0.717) is 0 Å². The molecule has 0 aliphatic rings. The predicted molar refractivity (Wildman–Crippen MR) is 87.6 cm³/mol. The molecule has 2 aromatic heterocycles. The molecule has 21 heavy (non-hydrogen) atoms. The second-order valence-corrected chi connectivity index (χ2v) is 6.07. The summed E-state index contributed by atoms with van der Waals surface area (Å²) in [5, 5.41) is 4.71. The lowest BCUT2D eigenvalue weighted by atomic mass is 10.1. The van der Waals surface area contributed by atoms with E-state index in [9.17, 15) is 0 Å². The van der Waals surface area contributed by atoms with Crippen molar-refractivity contribution >= 4 is 21.6 Å². The Bertz CT molecular complexity index is 683. The number of imidazole rings is 1. The van der Waals surface area contributed by atoms with E-state index < -0.39 is 0 Å². The summed E-state index contributed by atoms with van der Waals surface area (Å²) in [7, 11) is 0. The lowest BCUT2D eigenvalue weighted by Crippen LogP contribution is -2.23. The highest BCUT2D eigenvalue weighted by atomic mass is 32.1. The highest BCUT2D eigenvalue weighted by Crippen LogP contribution is 2.28. The van der Waals surface area contributed by atoms with Crippen LogP contribution in [0, 0.1) is 0 Å². The summed E-state index contributed by atoms with van der Waals surface area (Å²) in [4.78, 5) is 9.05. The van der Waals surface area contributed by atoms with Crippen molar-refractivity contribution in [2.45, 2.75) is 32.9 Å². The normalized spacial score (nSPS) is 12.9. The number of likely N-dealkylation sites (N-methyl/N-ethyl adjacent to an activating group) is 1. The molecule has 0 aliphatic carbocycles. The van der Waals surface area contributed by atoms with Crippen LogP contribution in [-0.2, 0) is 13.0 Å². The molecule has 0 amide bonds. The summed E-state index contributed by atoms with van der Waals surface area (Å²) >= 11 is 1.78. The number of aromatic nitrogens is 3. The molecule has 1 atom stereocenters. The Hall–Kier alpha value is -1.72. The molecule has 0 bridgehead atoms. The van der Waals surface area contributed by atoms with E-state index in [4.69, 9.17) is 4.98 Å². The first kappa shape index (κ1) is 14.2. The largest absolute Gasteiger partial charge is 0.335 e. The molecular weight excluding hydrogens is 280 g/mol. The highest BCUT2D eigenvalue weighted by molar-refractivity contribution is 7.18. The third-order valence-corrected chi connectivity index (χ3v) is 4.76. The van der Waals surface area contributed by atoms with Gasteiger partial charge >= 0.3 is 0 Å². The molecule has 0 radical (unpaired) electrons. The van der Waals surface area contributed by atoms with Crippen molar-refractivity contribution in [2.24, 2.45) is 0 Å². The van der Waals surface area contributed by atoms with Gasteiger partial charge in [0.2, 0.25) is 0 Å². The summed E-state index contributed by atoms with van der Waals surface area (Å²) in [5.74, 6) is 0. The maximum Gasteiger partial charge on any atom is 0.111 e. The smallest absolute Gasteiger partial charge is 0.111 e. The minimum absolute atomic E-state index is 0.245. The van der Waals surface area contributed by atoms with Gasteiger partial charge in [0, 0.05) is 24.9 Å². The van der Waals surface area contributed by atoms with Crippen LogP contribution >= 0.6 is 11.3 Å². The minimum Gasteiger partial charge on any atom is -0.335 e. The molecule has 5 heteroatoms. The molecule has 1 N–H and O–H groups in total. The van der Waals surface area contributed by atoms with Crippen LogP contribution < -0.4 is 5.32 Å². The summed E-state index contributed by atoms with van der Waals surface area (Å²) in [6, 6.07) is 8.57. The van der Waals surface area contributed by atoms with E-state index in [1.54, 1.807) is 11.3 Å². The quantitative estimate of drug-likeness (QED) is 0.758. The maximum atomic E-state index is 4.79. The van der Waals surface area contributed by atoms with Crippen LogP contribution in [-0.4, -0.2) is 21.1 Å². The van der Waals surface area contributed by atoms with Gasteiger partial charge in [-0.15, -0.1) is 11.3 Å². The van der Waals surface area contributed by atoms with Gasteiger partial charge in [-0.1, -0.05) is 19.1 Å². The number of nitrogens with zero attached hydrogens (tertiary/aromatic N) is 3. The molecule has 0 fully saturated rings. The van der Waals surface area contributed by atoms with Crippen LogP contribution in [0.25, 0.3) is 10.2 Å². The van der Waals surface area contributed by atoms with Crippen LogP contribution in [0.1, 0.15) is 30.6 Å². The van der Waals surface area contributed by atoms with Crippen molar-refractivity contribution in [3.05, 3.63) is 47.5 Å². The Morgan fingerprint density at radius 2 is 2.14 bits per heavy atom. The number of fused-ring (bicyclic) bond motifs is 1. The van der Waals surface area contributed by atoms with Gasteiger partial charge in [0.25, 0.3) is 0 Å².